The highest BCUT2D eigenvalue weighted by Crippen LogP contribution is 2.65. The van der Waals surface area contributed by atoms with Crippen molar-refractivity contribution in [2.75, 3.05) is 13.7 Å². The van der Waals surface area contributed by atoms with E-state index in [0.717, 1.165) is 17.7 Å². The minimum atomic E-state index is -2.10. The molecule has 6 unspecified atom stereocenters. The van der Waals surface area contributed by atoms with Gasteiger partial charge in [-0.1, -0.05) is 6.07 Å². The Hall–Kier alpha value is -3.76. The normalized spacial score (nSPS) is 31.3. The summed E-state index contributed by atoms with van der Waals surface area (Å²) in [6, 6.07) is 6.94. The lowest BCUT2D eigenvalue weighted by Gasteiger charge is -2.52. The quantitative estimate of drug-likeness (QED) is 0.373. The number of carbonyl (C=O) groups excluding carboxylic acids is 1. The Balaban J connectivity index is 1.50. The van der Waals surface area contributed by atoms with Crippen LogP contribution in [0, 0.1) is 17.8 Å². The first-order chi connectivity index (χ1) is 16.7. The van der Waals surface area contributed by atoms with Gasteiger partial charge in [0.25, 0.3) is 0 Å². The number of aliphatic hydroxyl groups is 1. The van der Waals surface area contributed by atoms with Crippen molar-refractivity contribution in [2.45, 2.75) is 24.0 Å². The molecule has 4 bridgehead atoms. The predicted molar refractivity (Wildman–Crippen MR) is 119 cm³/mol. The minimum absolute atomic E-state index is 0.0463. The van der Waals surface area contributed by atoms with Crippen molar-refractivity contribution in [1.82, 2.24) is 0 Å². The van der Waals surface area contributed by atoms with Crippen LogP contribution in [0.25, 0.3) is 11.0 Å². The number of hydrogen-bond donors (Lipinski definition) is 5. The van der Waals surface area contributed by atoms with E-state index in [9.17, 15) is 35.1 Å². The molecule has 4 fully saturated rings. The molecule has 10 nitrogen and oxygen atoms in total. The van der Waals surface area contributed by atoms with Crippen LogP contribution >= 0.6 is 0 Å². The Bertz CT molecular complexity index is 1460. The minimum Gasteiger partial charge on any atom is -0.508 e. The highest BCUT2D eigenvalue weighted by molar-refractivity contribution is 5.92. The molecule has 5 N–H and O–H groups in total. The summed E-state index contributed by atoms with van der Waals surface area (Å²) < 4.78 is 16.7. The first-order valence-electron chi connectivity index (χ1n) is 11.1. The van der Waals surface area contributed by atoms with Crippen molar-refractivity contribution in [2.24, 2.45) is 17.8 Å². The number of aromatic hydroxyl groups is 4. The van der Waals surface area contributed by atoms with Crippen LogP contribution in [0.4, 0.5) is 0 Å². The van der Waals surface area contributed by atoms with Gasteiger partial charge in [-0.3, -0.25) is 9.59 Å². The van der Waals surface area contributed by atoms with E-state index in [0.29, 0.717) is 0 Å². The van der Waals surface area contributed by atoms with Gasteiger partial charge in [0.15, 0.2) is 23.0 Å². The maximum atomic E-state index is 13.3. The Morgan fingerprint density at radius 1 is 1.03 bits per heavy atom. The summed E-state index contributed by atoms with van der Waals surface area (Å²) in [5.74, 6) is -7.15. The molecular formula is C25H22O10. The highest BCUT2D eigenvalue weighted by Gasteiger charge is 2.70. The molecular weight excluding hydrogens is 460 g/mol. The van der Waals surface area contributed by atoms with Gasteiger partial charge in [0, 0.05) is 29.9 Å². The van der Waals surface area contributed by atoms with E-state index in [4.69, 9.17) is 13.9 Å². The zero-order chi connectivity index (χ0) is 24.8. The molecule has 1 aliphatic heterocycles. The van der Waals surface area contributed by atoms with Crippen molar-refractivity contribution in [3.05, 3.63) is 51.9 Å². The van der Waals surface area contributed by atoms with Crippen molar-refractivity contribution < 1.29 is 44.2 Å². The van der Waals surface area contributed by atoms with E-state index in [2.05, 4.69) is 0 Å². The lowest BCUT2D eigenvalue weighted by molar-refractivity contribution is -0.221. The Morgan fingerprint density at radius 2 is 1.80 bits per heavy atom. The number of rotatable bonds is 3. The molecule has 1 aromatic heterocycles. The lowest BCUT2D eigenvalue weighted by atomic mass is 9.51. The summed E-state index contributed by atoms with van der Waals surface area (Å²) >= 11 is 0. The van der Waals surface area contributed by atoms with E-state index in [1.165, 1.54) is 13.2 Å². The first kappa shape index (κ1) is 21.8. The molecule has 3 saturated carbocycles. The van der Waals surface area contributed by atoms with Crippen LogP contribution in [0.15, 0.2) is 39.5 Å². The van der Waals surface area contributed by atoms with Gasteiger partial charge in [-0.25, -0.2) is 0 Å². The van der Waals surface area contributed by atoms with Gasteiger partial charge in [0.1, 0.15) is 22.5 Å². The van der Waals surface area contributed by atoms with E-state index < -0.39 is 46.3 Å². The van der Waals surface area contributed by atoms with Crippen LogP contribution in [-0.4, -0.2) is 50.8 Å². The number of phenols is 3. The van der Waals surface area contributed by atoms with Crippen molar-refractivity contribution >= 4 is 16.8 Å². The third-order valence-electron chi connectivity index (χ3n) is 7.82. The topological polar surface area (TPSA) is 167 Å². The van der Waals surface area contributed by atoms with Crippen LogP contribution in [0.1, 0.15) is 29.6 Å². The molecule has 182 valence electrons. The number of benzene rings is 2. The fourth-order valence-corrected chi connectivity index (χ4v) is 6.44. The average Bonchev–Trinajstić information content (AvgIpc) is 3.14. The molecule has 10 heteroatoms. The maximum absolute atomic E-state index is 13.3. The molecule has 2 aromatic carbocycles. The van der Waals surface area contributed by atoms with Crippen LogP contribution in [0.5, 0.6) is 28.7 Å². The highest BCUT2D eigenvalue weighted by atomic mass is 16.6. The molecule has 3 aromatic rings. The molecule has 3 aliphatic carbocycles. The summed E-state index contributed by atoms with van der Waals surface area (Å²) in [6.07, 6.45) is 0.159. The molecule has 0 amide bonds. The van der Waals surface area contributed by atoms with Gasteiger partial charge >= 0.3 is 0 Å². The zero-order valence-corrected chi connectivity index (χ0v) is 18.5. The van der Waals surface area contributed by atoms with E-state index in [-0.39, 0.29) is 58.8 Å². The fraction of sp³-hybridized carbons (Fsp3) is 0.360. The lowest BCUT2D eigenvalue weighted by Crippen LogP contribution is -2.60. The third-order valence-corrected chi connectivity index (χ3v) is 7.82. The SMILES string of the molecule is COc1cc(C2C3CC(c4oc5cc(O)cc(O)c5c(=O)c4O)C4C2COC4(O)C3=O)ccc1O. The number of ether oxygens (including phenoxy) is 2. The van der Waals surface area contributed by atoms with E-state index in [1.54, 1.807) is 12.1 Å². The number of hydrogen-bond acceptors (Lipinski definition) is 10. The molecule has 6 atom stereocenters. The number of carbonyl (C=O) groups is 1. The number of methoxy groups -OCH3 is 1. The molecule has 35 heavy (non-hydrogen) atoms. The van der Waals surface area contributed by atoms with E-state index in [1.807, 2.05) is 0 Å². The second-order valence-corrected chi connectivity index (χ2v) is 9.45. The molecule has 2 heterocycles. The number of fused-ring (bicyclic) bond motifs is 2. The number of Topliss-reactive ketones (excluding diaryl/α,β-unsaturated/α-hetero) is 1. The van der Waals surface area contributed by atoms with E-state index >= 15 is 0 Å². The van der Waals surface area contributed by atoms with Gasteiger partial charge in [-0.15, -0.1) is 0 Å². The predicted octanol–water partition coefficient (Wildman–Crippen LogP) is 2.05. The molecule has 0 radical (unpaired) electrons. The monoisotopic (exact) mass is 482 g/mol. The standard InChI is InChI=1S/C25H22O10/c1-33-16-4-9(2-3-14(16)27)18-11-7-12(20-13(18)8-34-25(20,32)24(11)31)23-22(30)21(29)19-15(28)5-10(26)6-17(19)35-23/h2-6,11-13,18,20,26-28,30,32H,7-8H2,1H3. The summed E-state index contributed by atoms with van der Waals surface area (Å²) in [7, 11) is 1.42. The largest absolute Gasteiger partial charge is 0.508 e. The second-order valence-electron chi connectivity index (χ2n) is 9.45. The van der Waals surface area contributed by atoms with Crippen LogP contribution < -0.4 is 10.2 Å². The van der Waals surface area contributed by atoms with Crippen molar-refractivity contribution in [3.63, 3.8) is 0 Å². The third kappa shape index (κ3) is 2.77. The molecule has 1 saturated heterocycles. The van der Waals surface area contributed by atoms with Gasteiger partial charge in [-0.2, -0.15) is 0 Å². The Kier molecular flexibility index (Phi) is 4.43. The van der Waals surface area contributed by atoms with Gasteiger partial charge in [0.05, 0.1) is 13.7 Å². The van der Waals surface area contributed by atoms with Gasteiger partial charge in [0.2, 0.25) is 17.0 Å². The fourth-order valence-electron chi connectivity index (χ4n) is 6.44. The Labute approximate surface area is 197 Å². The summed E-state index contributed by atoms with van der Waals surface area (Å²) in [6.45, 7) is 0.0634. The molecule has 0 spiro atoms. The Morgan fingerprint density at radius 3 is 2.54 bits per heavy atom. The summed E-state index contributed by atoms with van der Waals surface area (Å²) in [4.78, 5) is 26.2. The number of phenolic OH excluding ortho intramolecular Hbond substituents is 3. The van der Waals surface area contributed by atoms with Crippen molar-refractivity contribution in [1.29, 1.82) is 0 Å². The van der Waals surface area contributed by atoms with Crippen LogP contribution in [-0.2, 0) is 9.53 Å². The van der Waals surface area contributed by atoms with Gasteiger partial charge in [-0.05, 0) is 36.0 Å². The first-order valence-corrected chi connectivity index (χ1v) is 11.1. The van der Waals surface area contributed by atoms with Crippen LogP contribution in [0.3, 0.4) is 0 Å². The smallest absolute Gasteiger partial charge is 0.238 e. The average molecular weight is 482 g/mol. The molecule has 4 aliphatic rings. The number of ketones is 1. The van der Waals surface area contributed by atoms with Gasteiger partial charge < -0.3 is 39.4 Å². The second kappa shape index (κ2) is 7.12. The van der Waals surface area contributed by atoms with Crippen LogP contribution in [0.2, 0.25) is 0 Å². The van der Waals surface area contributed by atoms with Crippen molar-refractivity contribution in [3.8, 4) is 28.7 Å². The molecule has 7 rings (SSSR count). The summed E-state index contributed by atoms with van der Waals surface area (Å²) in [5, 5.41) is 51.7. The zero-order valence-electron chi connectivity index (χ0n) is 18.5. The maximum Gasteiger partial charge on any atom is 0.238 e. The summed E-state index contributed by atoms with van der Waals surface area (Å²) in [5.41, 5.74) is -0.280.